The first-order valence-corrected chi connectivity index (χ1v) is 7.54. The van der Waals surface area contributed by atoms with Crippen molar-refractivity contribution in [2.24, 2.45) is 5.92 Å². The molecule has 1 amide bonds. The van der Waals surface area contributed by atoms with Crippen molar-refractivity contribution in [3.63, 3.8) is 0 Å². The van der Waals surface area contributed by atoms with E-state index in [0.717, 1.165) is 11.3 Å². The molecule has 0 bridgehead atoms. The first-order chi connectivity index (χ1) is 10.6. The zero-order valence-corrected chi connectivity index (χ0v) is 13.3. The summed E-state index contributed by atoms with van der Waals surface area (Å²) in [6.07, 6.45) is 2.31. The summed E-state index contributed by atoms with van der Waals surface area (Å²) in [6.45, 7) is 5.18. The molecule has 0 spiro atoms. The second kappa shape index (κ2) is 7.75. The van der Waals surface area contributed by atoms with Gasteiger partial charge in [-0.15, -0.1) is 0 Å². The third-order valence-electron chi connectivity index (χ3n) is 3.49. The molecule has 2 rings (SSSR count). The van der Waals surface area contributed by atoms with Gasteiger partial charge in [0.2, 0.25) is 11.8 Å². The Hall–Kier alpha value is -2.14. The molecular formula is C17H23N3O2. The summed E-state index contributed by atoms with van der Waals surface area (Å²) in [6, 6.07) is 8.05. The van der Waals surface area contributed by atoms with Crippen molar-refractivity contribution in [3.8, 4) is 11.5 Å². The number of aromatic nitrogens is 1. The lowest BCUT2D eigenvalue weighted by Crippen LogP contribution is -2.35. The summed E-state index contributed by atoms with van der Waals surface area (Å²) < 4.78 is 5.50. The van der Waals surface area contributed by atoms with Crippen molar-refractivity contribution in [2.45, 2.75) is 20.3 Å². The molecule has 2 N–H and O–H groups in total. The first-order valence-electron chi connectivity index (χ1n) is 7.54. The van der Waals surface area contributed by atoms with Gasteiger partial charge in [-0.2, -0.15) is 0 Å². The molecule has 1 heterocycles. The Balaban J connectivity index is 1.85. The van der Waals surface area contributed by atoms with Crippen LogP contribution in [0.15, 0.2) is 34.9 Å². The molecule has 0 aliphatic heterocycles. The van der Waals surface area contributed by atoms with Gasteiger partial charge in [0.05, 0.1) is 5.69 Å². The predicted octanol–water partition coefficient (Wildman–Crippen LogP) is 2.16. The number of amides is 1. The van der Waals surface area contributed by atoms with Gasteiger partial charge in [0.1, 0.15) is 6.26 Å². The zero-order valence-electron chi connectivity index (χ0n) is 13.3. The predicted molar refractivity (Wildman–Crippen MR) is 86.5 cm³/mol. The van der Waals surface area contributed by atoms with Crippen molar-refractivity contribution >= 4 is 5.91 Å². The van der Waals surface area contributed by atoms with Crippen LogP contribution in [0.3, 0.4) is 0 Å². The SMILES string of the molecule is CNCC(C)C(=O)NCCc1coc(-c2ccc(C)cc2)n1. The van der Waals surface area contributed by atoms with E-state index in [4.69, 9.17) is 4.42 Å². The molecule has 0 aliphatic rings. The molecule has 1 atom stereocenters. The molecular weight excluding hydrogens is 278 g/mol. The molecule has 0 saturated heterocycles. The fourth-order valence-corrected chi connectivity index (χ4v) is 2.14. The minimum absolute atomic E-state index is 0.0366. The van der Waals surface area contributed by atoms with E-state index in [-0.39, 0.29) is 11.8 Å². The molecule has 0 radical (unpaired) electrons. The number of rotatable bonds is 7. The molecule has 22 heavy (non-hydrogen) atoms. The summed E-state index contributed by atoms with van der Waals surface area (Å²) in [4.78, 5) is 16.2. The van der Waals surface area contributed by atoms with Crippen molar-refractivity contribution in [1.29, 1.82) is 0 Å². The van der Waals surface area contributed by atoms with Crippen LogP contribution in [-0.2, 0) is 11.2 Å². The number of aryl methyl sites for hydroxylation is 1. The van der Waals surface area contributed by atoms with Crippen LogP contribution in [0.25, 0.3) is 11.5 Å². The van der Waals surface area contributed by atoms with Gasteiger partial charge >= 0.3 is 0 Å². The van der Waals surface area contributed by atoms with Crippen molar-refractivity contribution in [2.75, 3.05) is 20.1 Å². The number of nitrogens with one attached hydrogen (secondary N) is 2. The van der Waals surface area contributed by atoms with E-state index >= 15 is 0 Å². The van der Waals surface area contributed by atoms with Gasteiger partial charge < -0.3 is 15.1 Å². The Morgan fingerprint density at radius 1 is 1.32 bits per heavy atom. The largest absolute Gasteiger partial charge is 0.444 e. The number of carbonyl (C=O) groups excluding carboxylic acids is 1. The van der Waals surface area contributed by atoms with E-state index in [0.29, 0.717) is 25.4 Å². The average molecular weight is 301 g/mol. The molecule has 5 nitrogen and oxygen atoms in total. The summed E-state index contributed by atoms with van der Waals surface area (Å²) in [5, 5.41) is 5.91. The molecule has 5 heteroatoms. The Labute approximate surface area is 131 Å². The van der Waals surface area contributed by atoms with Crippen LogP contribution in [-0.4, -0.2) is 31.0 Å². The molecule has 1 aromatic carbocycles. The number of nitrogens with zero attached hydrogens (tertiary/aromatic N) is 1. The van der Waals surface area contributed by atoms with Crippen LogP contribution in [0.2, 0.25) is 0 Å². The van der Waals surface area contributed by atoms with Crippen molar-refractivity contribution < 1.29 is 9.21 Å². The van der Waals surface area contributed by atoms with Gasteiger partial charge in [0.25, 0.3) is 0 Å². The second-order valence-electron chi connectivity index (χ2n) is 5.51. The smallest absolute Gasteiger partial charge is 0.226 e. The van der Waals surface area contributed by atoms with Gasteiger partial charge in [-0.05, 0) is 26.1 Å². The molecule has 118 valence electrons. The van der Waals surface area contributed by atoms with Gasteiger partial charge in [0, 0.05) is 31.0 Å². The van der Waals surface area contributed by atoms with E-state index in [9.17, 15) is 4.79 Å². The van der Waals surface area contributed by atoms with E-state index in [2.05, 4.69) is 15.6 Å². The Kier molecular flexibility index (Phi) is 5.72. The summed E-state index contributed by atoms with van der Waals surface area (Å²) in [7, 11) is 1.84. The lowest BCUT2D eigenvalue weighted by Gasteiger charge is -2.10. The maximum absolute atomic E-state index is 11.8. The molecule has 0 fully saturated rings. The summed E-state index contributed by atoms with van der Waals surface area (Å²) in [5.74, 6) is 0.631. The molecule has 0 saturated carbocycles. The lowest BCUT2D eigenvalue weighted by molar-refractivity contribution is -0.124. The lowest BCUT2D eigenvalue weighted by atomic mass is 10.1. The normalized spacial score (nSPS) is 12.1. The fraction of sp³-hybridized carbons (Fsp3) is 0.412. The van der Waals surface area contributed by atoms with Gasteiger partial charge in [0.15, 0.2) is 0 Å². The maximum Gasteiger partial charge on any atom is 0.226 e. The third-order valence-corrected chi connectivity index (χ3v) is 3.49. The molecule has 0 aliphatic carbocycles. The van der Waals surface area contributed by atoms with Gasteiger partial charge in [-0.1, -0.05) is 24.6 Å². The average Bonchev–Trinajstić information content (AvgIpc) is 2.97. The van der Waals surface area contributed by atoms with Crippen LogP contribution in [0.1, 0.15) is 18.2 Å². The number of hydrogen-bond donors (Lipinski definition) is 2. The van der Waals surface area contributed by atoms with Crippen LogP contribution in [0, 0.1) is 12.8 Å². The Morgan fingerprint density at radius 3 is 2.73 bits per heavy atom. The van der Waals surface area contributed by atoms with Gasteiger partial charge in [-0.3, -0.25) is 4.79 Å². The van der Waals surface area contributed by atoms with Crippen LogP contribution < -0.4 is 10.6 Å². The second-order valence-corrected chi connectivity index (χ2v) is 5.51. The van der Waals surface area contributed by atoms with E-state index in [1.54, 1.807) is 6.26 Å². The van der Waals surface area contributed by atoms with Gasteiger partial charge in [-0.25, -0.2) is 4.98 Å². The number of carbonyl (C=O) groups is 1. The van der Waals surface area contributed by atoms with Crippen molar-refractivity contribution in [3.05, 3.63) is 41.8 Å². The number of hydrogen-bond acceptors (Lipinski definition) is 4. The van der Waals surface area contributed by atoms with E-state index in [1.165, 1.54) is 5.56 Å². The minimum Gasteiger partial charge on any atom is -0.444 e. The highest BCUT2D eigenvalue weighted by Crippen LogP contribution is 2.19. The Morgan fingerprint density at radius 2 is 2.05 bits per heavy atom. The van der Waals surface area contributed by atoms with E-state index in [1.807, 2.05) is 45.2 Å². The highest BCUT2D eigenvalue weighted by atomic mass is 16.3. The summed E-state index contributed by atoms with van der Waals surface area (Å²) in [5.41, 5.74) is 3.01. The monoisotopic (exact) mass is 301 g/mol. The number of oxazole rings is 1. The molecule has 2 aromatic rings. The first kappa shape index (κ1) is 16.2. The molecule has 1 aromatic heterocycles. The van der Waals surface area contributed by atoms with Crippen LogP contribution >= 0.6 is 0 Å². The highest BCUT2D eigenvalue weighted by Gasteiger charge is 2.11. The standard InChI is InChI=1S/C17H23N3O2/c1-12-4-6-14(7-5-12)17-20-15(11-22-17)8-9-19-16(21)13(2)10-18-3/h4-7,11,13,18H,8-10H2,1-3H3,(H,19,21). The maximum atomic E-state index is 11.8. The van der Waals surface area contributed by atoms with Crippen LogP contribution in [0.4, 0.5) is 0 Å². The van der Waals surface area contributed by atoms with Crippen molar-refractivity contribution in [1.82, 2.24) is 15.6 Å². The topological polar surface area (TPSA) is 67.2 Å². The van der Waals surface area contributed by atoms with Crippen LogP contribution in [0.5, 0.6) is 0 Å². The van der Waals surface area contributed by atoms with E-state index < -0.39 is 0 Å². The zero-order chi connectivity index (χ0) is 15.9. The quantitative estimate of drug-likeness (QED) is 0.822. The number of benzene rings is 1. The third kappa shape index (κ3) is 4.43. The highest BCUT2D eigenvalue weighted by molar-refractivity contribution is 5.78. The summed E-state index contributed by atoms with van der Waals surface area (Å²) >= 11 is 0. The molecule has 1 unspecified atom stereocenters. The fourth-order valence-electron chi connectivity index (χ4n) is 2.14. The minimum atomic E-state index is -0.0366. The Bertz CT molecular complexity index is 605.